The fourth-order valence-corrected chi connectivity index (χ4v) is 2.79. The second kappa shape index (κ2) is 8.44. The minimum absolute atomic E-state index is 0.642. The topological polar surface area (TPSA) is 27.0 Å². The van der Waals surface area contributed by atoms with Gasteiger partial charge in [-0.15, -0.1) is 0 Å². The fourth-order valence-electron chi connectivity index (χ4n) is 2.79. The number of rotatable bonds is 7. The molecule has 21 heavy (non-hydrogen) atoms. The molecule has 0 spiro atoms. The van der Waals surface area contributed by atoms with Gasteiger partial charge in [0.15, 0.2) is 0 Å². The van der Waals surface area contributed by atoms with Gasteiger partial charge in [0.2, 0.25) is 0 Å². The van der Waals surface area contributed by atoms with Gasteiger partial charge in [-0.05, 0) is 37.7 Å². The number of nitriles is 1. The number of allylic oxidation sites excluding steroid dienone is 1. The van der Waals surface area contributed by atoms with Crippen LogP contribution >= 0.6 is 0 Å². The lowest BCUT2D eigenvalue weighted by atomic mass is 9.97. The summed E-state index contributed by atoms with van der Waals surface area (Å²) >= 11 is 0. The van der Waals surface area contributed by atoms with Crippen molar-refractivity contribution in [2.24, 2.45) is 0 Å². The summed E-state index contributed by atoms with van der Waals surface area (Å²) in [7, 11) is 0. The average molecular weight is 280 g/mol. The van der Waals surface area contributed by atoms with Gasteiger partial charge in [-0.3, -0.25) is 4.90 Å². The van der Waals surface area contributed by atoms with E-state index in [4.69, 9.17) is 5.26 Å². The van der Waals surface area contributed by atoms with Crippen LogP contribution in [-0.4, -0.2) is 18.0 Å². The standard InChI is InChI=1S/C19H24N2/c1-17(14-20)15-21(16-19-10-6-3-7-11-19)13-12-18-8-4-2-5-9-18/h3,6-8,10-11H,1-2,4-5,9,12-13,15-16H2. The Morgan fingerprint density at radius 1 is 1.24 bits per heavy atom. The quantitative estimate of drug-likeness (QED) is 0.544. The molecule has 0 unspecified atom stereocenters. The summed E-state index contributed by atoms with van der Waals surface area (Å²) in [4.78, 5) is 2.33. The van der Waals surface area contributed by atoms with Crippen LogP contribution in [0.3, 0.4) is 0 Å². The van der Waals surface area contributed by atoms with Crippen LogP contribution in [0.2, 0.25) is 0 Å². The molecule has 1 aromatic rings. The molecule has 0 heterocycles. The highest BCUT2D eigenvalue weighted by atomic mass is 15.1. The zero-order valence-corrected chi connectivity index (χ0v) is 12.7. The van der Waals surface area contributed by atoms with E-state index in [0.29, 0.717) is 12.1 Å². The van der Waals surface area contributed by atoms with Crippen molar-refractivity contribution in [3.63, 3.8) is 0 Å². The van der Waals surface area contributed by atoms with Crippen LogP contribution in [0, 0.1) is 11.3 Å². The molecule has 0 radical (unpaired) electrons. The molecular formula is C19H24N2. The van der Waals surface area contributed by atoms with Crippen LogP contribution in [0.25, 0.3) is 0 Å². The largest absolute Gasteiger partial charge is 0.294 e. The lowest BCUT2D eigenvalue weighted by Crippen LogP contribution is -2.26. The first-order chi connectivity index (χ1) is 10.3. The minimum atomic E-state index is 0.642. The van der Waals surface area contributed by atoms with E-state index in [2.05, 4.69) is 47.9 Å². The summed E-state index contributed by atoms with van der Waals surface area (Å²) in [6.45, 7) is 6.38. The van der Waals surface area contributed by atoms with Crippen molar-refractivity contribution in [3.05, 3.63) is 59.7 Å². The van der Waals surface area contributed by atoms with Gasteiger partial charge in [-0.1, -0.05) is 48.6 Å². The smallest absolute Gasteiger partial charge is 0.0954 e. The molecule has 0 saturated carbocycles. The van der Waals surface area contributed by atoms with Gasteiger partial charge in [0.1, 0.15) is 0 Å². The first kappa shape index (κ1) is 15.5. The minimum Gasteiger partial charge on any atom is -0.294 e. The first-order valence-electron chi connectivity index (χ1n) is 7.80. The highest BCUT2D eigenvalue weighted by molar-refractivity contribution is 5.19. The Kier molecular flexibility index (Phi) is 6.24. The predicted octanol–water partition coefficient (Wildman–Crippen LogP) is 4.46. The lowest BCUT2D eigenvalue weighted by molar-refractivity contribution is 0.292. The normalized spacial score (nSPS) is 14.6. The Morgan fingerprint density at radius 2 is 2.05 bits per heavy atom. The van der Waals surface area contributed by atoms with Gasteiger partial charge >= 0.3 is 0 Å². The summed E-state index contributed by atoms with van der Waals surface area (Å²) in [6.07, 6.45) is 8.67. The Hall–Kier alpha value is -1.85. The van der Waals surface area contributed by atoms with Gasteiger partial charge < -0.3 is 0 Å². The molecule has 110 valence electrons. The van der Waals surface area contributed by atoms with Crippen LogP contribution in [0.1, 0.15) is 37.7 Å². The number of nitrogens with zero attached hydrogens (tertiary/aromatic N) is 2. The third-order valence-corrected chi connectivity index (χ3v) is 3.96. The van der Waals surface area contributed by atoms with E-state index in [1.54, 1.807) is 5.57 Å². The van der Waals surface area contributed by atoms with Crippen molar-refractivity contribution in [1.29, 1.82) is 5.26 Å². The third-order valence-electron chi connectivity index (χ3n) is 3.96. The fraction of sp³-hybridized carbons (Fsp3) is 0.421. The molecule has 0 bridgehead atoms. The van der Waals surface area contributed by atoms with E-state index in [9.17, 15) is 0 Å². The molecule has 1 aliphatic carbocycles. The molecule has 0 fully saturated rings. The van der Waals surface area contributed by atoms with Crippen LogP contribution in [-0.2, 0) is 6.54 Å². The van der Waals surface area contributed by atoms with E-state index in [0.717, 1.165) is 19.5 Å². The first-order valence-corrected chi connectivity index (χ1v) is 7.80. The molecular weight excluding hydrogens is 256 g/mol. The molecule has 2 rings (SSSR count). The van der Waals surface area contributed by atoms with E-state index < -0.39 is 0 Å². The van der Waals surface area contributed by atoms with Crippen molar-refractivity contribution in [2.75, 3.05) is 13.1 Å². The Bertz CT molecular complexity index is 522. The van der Waals surface area contributed by atoms with Crippen LogP contribution in [0.15, 0.2) is 54.1 Å². The van der Waals surface area contributed by atoms with Gasteiger partial charge in [-0.25, -0.2) is 0 Å². The van der Waals surface area contributed by atoms with Crippen molar-refractivity contribution < 1.29 is 0 Å². The molecule has 0 aromatic heterocycles. The second-order valence-electron chi connectivity index (χ2n) is 5.77. The van der Waals surface area contributed by atoms with Crippen LogP contribution in [0.5, 0.6) is 0 Å². The maximum Gasteiger partial charge on any atom is 0.0954 e. The van der Waals surface area contributed by atoms with Crippen molar-refractivity contribution in [1.82, 2.24) is 4.90 Å². The molecule has 0 saturated heterocycles. The van der Waals surface area contributed by atoms with Gasteiger partial charge in [0.25, 0.3) is 0 Å². The van der Waals surface area contributed by atoms with Gasteiger partial charge in [-0.2, -0.15) is 5.26 Å². The molecule has 1 aromatic carbocycles. The zero-order valence-electron chi connectivity index (χ0n) is 12.7. The summed E-state index contributed by atoms with van der Waals surface area (Å²) in [6, 6.07) is 12.6. The monoisotopic (exact) mass is 280 g/mol. The highest BCUT2D eigenvalue weighted by Crippen LogP contribution is 2.20. The molecule has 0 atom stereocenters. The maximum atomic E-state index is 8.98. The highest BCUT2D eigenvalue weighted by Gasteiger charge is 2.10. The SMILES string of the molecule is C=C(C#N)CN(CCC1=CCCCC1)Cc1ccccc1. The van der Waals surface area contributed by atoms with E-state index >= 15 is 0 Å². The Balaban J connectivity index is 1.93. The predicted molar refractivity (Wildman–Crippen MR) is 87.6 cm³/mol. The molecule has 0 N–H and O–H groups in total. The number of hydrogen-bond donors (Lipinski definition) is 0. The molecule has 2 nitrogen and oxygen atoms in total. The number of hydrogen-bond acceptors (Lipinski definition) is 2. The van der Waals surface area contributed by atoms with Gasteiger partial charge in [0, 0.05) is 25.2 Å². The van der Waals surface area contributed by atoms with E-state index in [1.807, 2.05) is 6.07 Å². The van der Waals surface area contributed by atoms with Crippen LogP contribution in [0.4, 0.5) is 0 Å². The van der Waals surface area contributed by atoms with Crippen molar-refractivity contribution in [2.45, 2.75) is 38.6 Å². The second-order valence-corrected chi connectivity index (χ2v) is 5.77. The maximum absolute atomic E-state index is 8.98. The Labute approximate surface area is 128 Å². The van der Waals surface area contributed by atoms with E-state index in [-0.39, 0.29) is 0 Å². The third kappa shape index (κ3) is 5.57. The Morgan fingerprint density at radius 3 is 2.71 bits per heavy atom. The van der Waals surface area contributed by atoms with Crippen LogP contribution < -0.4 is 0 Å². The molecule has 0 aliphatic heterocycles. The lowest BCUT2D eigenvalue weighted by Gasteiger charge is -2.23. The summed E-state index contributed by atoms with van der Waals surface area (Å²) in [5.41, 5.74) is 3.52. The molecule has 0 amide bonds. The molecule has 2 heteroatoms. The van der Waals surface area contributed by atoms with Gasteiger partial charge in [0.05, 0.1) is 6.07 Å². The summed E-state index contributed by atoms with van der Waals surface area (Å²) in [5.74, 6) is 0. The zero-order chi connectivity index (χ0) is 14.9. The molecule has 1 aliphatic rings. The average Bonchev–Trinajstić information content (AvgIpc) is 2.54. The number of benzene rings is 1. The van der Waals surface area contributed by atoms with E-state index in [1.165, 1.54) is 31.2 Å². The summed E-state index contributed by atoms with van der Waals surface area (Å²) < 4.78 is 0. The van der Waals surface area contributed by atoms with Crippen molar-refractivity contribution in [3.8, 4) is 6.07 Å². The summed E-state index contributed by atoms with van der Waals surface area (Å²) in [5, 5.41) is 8.98. The van der Waals surface area contributed by atoms with Crippen molar-refractivity contribution >= 4 is 0 Å².